The Morgan fingerprint density at radius 3 is 2.53 bits per heavy atom. The predicted molar refractivity (Wildman–Crippen MR) is 139 cm³/mol. The van der Waals surface area contributed by atoms with Crippen LogP contribution >= 0.6 is 0 Å². The molecule has 1 aliphatic heterocycles. The van der Waals surface area contributed by atoms with Crippen molar-refractivity contribution in [3.05, 3.63) is 23.8 Å². The summed E-state index contributed by atoms with van der Waals surface area (Å²) < 4.78 is 11.9. The first-order chi connectivity index (χ1) is 17.2. The molecule has 36 heavy (non-hydrogen) atoms. The average Bonchev–Trinajstić information content (AvgIpc) is 2.88. The summed E-state index contributed by atoms with van der Waals surface area (Å²) in [6.07, 6.45) is 5.61. The maximum absolute atomic E-state index is 13.4. The first kappa shape index (κ1) is 27.8. The smallest absolute Gasteiger partial charge is 0.317 e. The molecule has 2 aliphatic rings. The highest BCUT2D eigenvalue weighted by Crippen LogP contribution is 2.27. The number of hydrogen-bond donors (Lipinski definition) is 2. The van der Waals surface area contributed by atoms with Crippen molar-refractivity contribution in [3.63, 3.8) is 0 Å². The number of fused-ring (bicyclic) bond motifs is 1. The molecule has 200 valence electrons. The Balaban J connectivity index is 1.89. The molecule has 9 heteroatoms. The van der Waals surface area contributed by atoms with E-state index in [2.05, 4.69) is 10.6 Å². The number of carbonyl (C=O) groups is 3. The number of amides is 4. The van der Waals surface area contributed by atoms with E-state index < -0.39 is 0 Å². The fraction of sp³-hybridized carbons (Fsp3) is 0.667. The Kier molecular flexibility index (Phi) is 9.98. The molecule has 4 amide bonds. The second kappa shape index (κ2) is 12.9. The molecule has 0 saturated heterocycles. The van der Waals surface area contributed by atoms with Gasteiger partial charge in [0.15, 0.2) is 0 Å². The van der Waals surface area contributed by atoms with Crippen LogP contribution < -0.4 is 15.4 Å². The van der Waals surface area contributed by atoms with Crippen molar-refractivity contribution < 1.29 is 23.9 Å². The largest absolute Gasteiger partial charge is 0.491 e. The molecule has 0 radical (unpaired) electrons. The minimum Gasteiger partial charge on any atom is -0.491 e. The number of nitrogens with one attached hydrogen (secondary N) is 2. The second-order valence-corrected chi connectivity index (χ2v) is 10.1. The minimum atomic E-state index is -0.248. The monoisotopic (exact) mass is 502 g/mol. The van der Waals surface area contributed by atoms with Crippen LogP contribution in [0, 0.1) is 5.92 Å². The van der Waals surface area contributed by atoms with Gasteiger partial charge in [-0.15, -0.1) is 0 Å². The van der Waals surface area contributed by atoms with Crippen LogP contribution in [0.1, 0.15) is 69.7 Å². The lowest BCUT2D eigenvalue weighted by atomic mass is 9.95. The summed E-state index contributed by atoms with van der Waals surface area (Å²) in [6.45, 7) is 6.83. The van der Waals surface area contributed by atoms with Gasteiger partial charge in [-0.3, -0.25) is 9.59 Å². The zero-order valence-electron chi connectivity index (χ0n) is 22.3. The molecule has 2 N–H and O–H groups in total. The molecule has 0 aromatic heterocycles. The van der Waals surface area contributed by atoms with Crippen molar-refractivity contribution in [2.75, 3.05) is 39.2 Å². The van der Waals surface area contributed by atoms with E-state index in [1.807, 2.05) is 18.7 Å². The van der Waals surface area contributed by atoms with Crippen LogP contribution in [-0.2, 0) is 9.53 Å². The highest BCUT2D eigenvalue weighted by Gasteiger charge is 2.31. The molecule has 1 saturated carbocycles. The summed E-state index contributed by atoms with van der Waals surface area (Å²) >= 11 is 0. The molecule has 1 aliphatic carbocycles. The van der Waals surface area contributed by atoms with Gasteiger partial charge in [0, 0.05) is 57.4 Å². The standard InChI is InChI=1S/C27H42N4O5/c1-6-25(32)28-21-12-13-22-23(14-21)36-17-19(3)31(27(34)29-20-10-8-7-9-11-20)15-18(2)24(35-5)16-30(4)26(22)33/h12-14,18-20,24H,6-11,15-17H2,1-5H3,(H,28,32)(H,29,34)/t18-,19-,24-/m1/s1. The van der Waals surface area contributed by atoms with Gasteiger partial charge in [0.25, 0.3) is 5.91 Å². The molecule has 1 aromatic carbocycles. The first-order valence-electron chi connectivity index (χ1n) is 13.2. The van der Waals surface area contributed by atoms with Crippen LogP contribution in [0.15, 0.2) is 18.2 Å². The lowest BCUT2D eigenvalue weighted by Gasteiger charge is -2.37. The minimum absolute atomic E-state index is 0.00432. The third kappa shape index (κ3) is 7.12. The Bertz CT molecular complexity index is 917. The molecule has 1 aromatic rings. The van der Waals surface area contributed by atoms with E-state index in [0.717, 1.165) is 25.7 Å². The SMILES string of the molecule is CCC(=O)Nc1ccc2c(c1)OC[C@@H](C)N(C(=O)NC1CCCCC1)C[C@@H](C)[C@H](OC)CN(C)C2=O. The van der Waals surface area contributed by atoms with Gasteiger partial charge >= 0.3 is 6.03 Å². The van der Waals surface area contributed by atoms with E-state index in [-0.39, 0.29) is 48.6 Å². The zero-order valence-corrected chi connectivity index (χ0v) is 22.3. The molecular weight excluding hydrogens is 460 g/mol. The number of likely N-dealkylation sites (N-methyl/N-ethyl adjacent to an activating group) is 1. The fourth-order valence-electron chi connectivity index (χ4n) is 4.89. The van der Waals surface area contributed by atoms with Gasteiger partial charge in [-0.25, -0.2) is 4.79 Å². The summed E-state index contributed by atoms with van der Waals surface area (Å²) in [5.41, 5.74) is 0.964. The average molecular weight is 503 g/mol. The third-order valence-electron chi connectivity index (χ3n) is 7.25. The first-order valence-corrected chi connectivity index (χ1v) is 13.2. The predicted octanol–water partition coefficient (Wildman–Crippen LogP) is 3.88. The third-order valence-corrected chi connectivity index (χ3v) is 7.25. The van der Waals surface area contributed by atoms with Gasteiger partial charge in [0.05, 0.1) is 17.7 Å². The molecule has 1 heterocycles. The Morgan fingerprint density at radius 2 is 1.86 bits per heavy atom. The highest BCUT2D eigenvalue weighted by atomic mass is 16.5. The van der Waals surface area contributed by atoms with Crippen molar-refractivity contribution in [2.45, 2.75) is 77.5 Å². The number of rotatable bonds is 4. The number of methoxy groups -OCH3 is 1. The molecule has 0 spiro atoms. The van der Waals surface area contributed by atoms with Gasteiger partial charge in [0.1, 0.15) is 12.4 Å². The van der Waals surface area contributed by atoms with Gasteiger partial charge < -0.3 is 29.9 Å². The molecule has 9 nitrogen and oxygen atoms in total. The number of ether oxygens (including phenoxy) is 2. The van der Waals surface area contributed by atoms with E-state index in [9.17, 15) is 14.4 Å². The summed E-state index contributed by atoms with van der Waals surface area (Å²) in [4.78, 5) is 42.1. The molecular formula is C27H42N4O5. The summed E-state index contributed by atoms with van der Waals surface area (Å²) in [5.74, 6) is 0.0632. The molecule has 0 unspecified atom stereocenters. The Labute approximate surface area is 214 Å². The highest BCUT2D eigenvalue weighted by molar-refractivity contribution is 5.98. The number of urea groups is 1. The van der Waals surface area contributed by atoms with Gasteiger partial charge in [-0.1, -0.05) is 33.1 Å². The van der Waals surface area contributed by atoms with Crippen molar-refractivity contribution in [1.82, 2.24) is 15.1 Å². The van der Waals surface area contributed by atoms with Crippen molar-refractivity contribution in [3.8, 4) is 5.75 Å². The van der Waals surface area contributed by atoms with Crippen LogP contribution in [-0.4, -0.2) is 79.7 Å². The van der Waals surface area contributed by atoms with Gasteiger partial charge in [-0.2, -0.15) is 0 Å². The summed E-state index contributed by atoms with van der Waals surface area (Å²) in [7, 11) is 3.38. The normalized spacial score (nSPS) is 24.1. The van der Waals surface area contributed by atoms with E-state index in [0.29, 0.717) is 36.5 Å². The molecule has 0 bridgehead atoms. The number of anilines is 1. The summed E-state index contributed by atoms with van der Waals surface area (Å²) in [6, 6.07) is 4.92. The van der Waals surface area contributed by atoms with Crippen molar-refractivity contribution in [1.29, 1.82) is 0 Å². The molecule has 1 fully saturated rings. The van der Waals surface area contributed by atoms with Crippen LogP contribution in [0.4, 0.5) is 10.5 Å². The zero-order chi connectivity index (χ0) is 26.2. The number of hydrogen-bond acceptors (Lipinski definition) is 5. The van der Waals surface area contributed by atoms with E-state index >= 15 is 0 Å². The second-order valence-electron chi connectivity index (χ2n) is 10.1. The summed E-state index contributed by atoms with van der Waals surface area (Å²) in [5, 5.41) is 6.06. The van der Waals surface area contributed by atoms with Crippen molar-refractivity contribution >= 4 is 23.5 Å². The van der Waals surface area contributed by atoms with Crippen molar-refractivity contribution in [2.24, 2.45) is 5.92 Å². The van der Waals surface area contributed by atoms with E-state index in [4.69, 9.17) is 9.47 Å². The Morgan fingerprint density at radius 1 is 1.14 bits per heavy atom. The van der Waals surface area contributed by atoms with E-state index in [1.165, 1.54) is 6.42 Å². The van der Waals surface area contributed by atoms with E-state index in [1.54, 1.807) is 44.2 Å². The molecule has 3 rings (SSSR count). The van der Waals surface area contributed by atoms with Crippen LogP contribution in [0.3, 0.4) is 0 Å². The van der Waals surface area contributed by atoms with Crippen LogP contribution in [0.2, 0.25) is 0 Å². The number of nitrogens with zero attached hydrogens (tertiary/aromatic N) is 2. The number of benzene rings is 1. The van der Waals surface area contributed by atoms with Crippen LogP contribution in [0.5, 0.6) is 5.75 Å². The number of carbonyl (C=O) groups excluding carboxylic acids is 3. The van der Waals surface area contributed by atoms with Crippen LogP contribution in [0.25, 0.3) is 0 Å². The Hall–Kier alpha value is -2.81. The molecule has 3 atom stereocenters. The lowest BCUT2D eigenvalue weighted by Crippen LogP contribution is -2.53. The quantitative estimate of drug-likeness (QED) is 0.651. The van der Waals surface area contributed by atoms with Gasteiger partial charge in [0.2, 0.25) is 5.91 Å². The maximum Gasteiger partial charge on any atom is 0.317 e. The maximum atomic E-state index is 13.4. The lowest BCUT2D eigenvalue weighted by molar-refractivity contribution is -0.115. The topological polar surface area (TPSA) is 100 Å². The van der Waals surface area contributed by atoms with Gasteiger partial charge in [-0.05, 0) is 31.9 Å². The fourth-order valence-corrected chi connectivity index (χ4v) is 4.89.